The zero-order valence-corrected chi connectivity index (χ0v) is 9.81. The predicted molar refractivity (Wildman–Crippen MR) is 65.2 cm³/mol. The van der Waals surface area contributed by atoms with Gasteiger partial charge in [0.2, 0.25) is 5.91 Å². The van der Waals surface area contributed by atoms with Crippen LogP contribution in [0.3, 0.4) is 0 Å². The van der Waals surface area contributed by atoms with Gasteiger partial charge in [0.05, 0.1) is 13.2 Å². The van der Waals surface area contributed by atoms with Gasteiger partial charge < -0.3 is 10.1 Å². The van der Waals surface area contributed by atoms with Gasteiger partial charge in [-0.15, -0.1) is 0 Å². The zero-order chi connectivity index (χ0) is 12.7. The van der Waals surface area contributed by atoms with Crippen molar-refractivity contribution in [1.29, 1.82) is 5.26 Å². The first-order valence-corrected chi connectivity index (χ1v) is 5.18. The molecule has 0 aromatic heterocycles. The SMILES string of the molecule is COc1cccc(C=CC(=O)NC(C)C#N)c1. The van der Waals surface area contributed by atoms with E-state index in [1.807, 2.05) is 30.3 Å². The van der Waals surface area contributed by atoms with E-state index in [1.54, 1.807) is 20.1 Å². The number of carbonyl (C=O) groups is 1. The van der Waals surface area contributed by atoms with Crippen molar-refractivity contribution in [3.05, 3.63) is 35.9 Å². The number of nitrogens with zero attached hydrogens (tertiary/aromatic N) is 1. The number of nitriles is 1. The van der Waals surface area contributed by atoms with Crippen LogP contribution < -0.4 is 10.1 Å². The maximum atomic E-state index is 11.4. The minimum atomic E-state index is -0.488. The number of hydrogen-bond acceptors (Lipinski definition) is 3. The molecule has 0 aliphatic carbocycles. The largest absolute Gasteiger partial charge is 0.497 e. The lowest BCUT2D eigenvalue weighted by molar-refractivity contribution is -0.116. The second-order valence-electron chi connectivity index (χ2n) is 3.47. The number of ether oxygens (including phenoxy) is 1. The highest BCUT2D eigenvalue weighted by Crippen LogP contribution is 2.13. The van der Waals surface area contributed by atoms with Crippen LogP contribution in [0, 0.1) is 11.3 Å². The van der Waals surface area contributed by atoms with E-state index in [4.69, 9.17) is 10.00 Å². The number of carbonyl (C=O) groups excluding carboxylic acids is 1. The minimum Gasteiger partial charge on any atom is -0.497 e. The summed E-state index contributed by atoms with van der Waals surface area (Å²) in [6.07, 6.45) is 3.06. The van der Waals surface area contributed by atoms with Crippen LogP contribution in [0.25, 0.3) is 6.08 Å². The van der Waals surface area contributed by atoms with Gasteiger partial charge in [-0.3, -0.25) is 4.79 Å². The molecule has 1 amide bonds. The summed E-state index contributed by atoms with van der Waals surface area (Å²) in [5, 5.41) is 11.0. The van der Waals surface area contributed by atoms with Crippen molar-refractivity contribution in [3.8, 4) is 11.8 Å². The Bertz CT molecular complexity index is 461. The molecule has 0 radical (unpaired) electrons. The van der Waals surface area contributed by atoms with Gasteiger partial charge in [0.25, 0.3) is 0 Å². The fourth-order valence-electron chi connectivity index (χ4n) is 1.21. The smallest absolute Gasteiger partial charge is 0.245 e. The summed E-state index contributed by atoms with van der Waals surface area (Å²) < 4.78 is 5.07. The van der Waals surface area contributed by atoms with Crippen LogP contribution >= 0.6 is 0 Å². The quantitative estimate of drug-likeness (QED) is 0.801. The van der Waals surface area contributed by atoms with Crippen LogP contribution in [-0.4, -0.2) is 19.1 Å². The highest BCUT2D eigenvalue weighted by molar-refractivity contribution is 5.92. The molecule has 0 heterocycles. The Labute approximate surface area is 101 Å². The standard InChI is InChI=1S/C13H14N2O2/c1-10(9-14)15-13(16)7-6-11-4-3-5-12(8-11)17-2/h3-8,10H,1-2H3,(H,15,16). The average molecular weight is 230 g/mol. The summed E-state index contributed by atoms with van der Waals surface area (Å²) in [6, 6.07) is 8.79. The fourth-order valence-corrected chi connectivity index (χ4v) is 1.21. The third-order valence-electron chi connectivity index (χ3n) is 2.07. The van der Waals surface area contributed by atoms with Crippen molar-refractivity contribution in [3.63, 3.8) is 0 Å². The number of rotatable bonds is 4. The molecule has 88 valence electrons. The maximum absolute atomic E-state index is 11.4. The first-order valence-electron chi connectivity index (χ1n) is 5.18. The lowest BCUT2D eigenvalue weighted by atomic mass is 10.2. The number of benzene rings is 1. The molecule has 0 aliphatic rings. The molecule has 0 spiro atoms. The van der Waals surface area contributed by atoms with Crippen molar-refractivity contribution in [1.82, 2.24) is 5.32 Å². The molecule has 0 aliphatic heterocycles. The summed E-state index contributed by atoms with van der Waals surface area (Å²) in [7, 11) is 1.59. The van der Waals surface area contributed by atoms with Crippen molar-refractivity contribution in [2.75, 3.05) is 7.11 Å². The molecule has 0 bridgehead atoms. The van der Waals surface area contributed by atoms with Crippen LogP contribution in [0.5, 0.6) is 5.75 Å². The topological polar surface area (TPSA) is 62.1 Å². The first kappa shape index (κ1) is 12.8. The molecular weight excluding hydrogens is 216 g/mol. The number of hydrogen-bond donors (Lipinski definition) is 1. The Morgan fingerprint density at radius 1 is 1.59 bits per heavy atom. The third-order valence-corrected chi connectivity index (χ3v) is 2.07. The Morgan fingerprint density at radius 2 is 2.35 bits per heavy atom. The number of amides is 1. The Kier molecular flexibility index (Phi) is 4.77. The predicted octanol–water partition coefficient (Wildman–Crippen LogP) is 1.74. The van der Waals surface area contributed by atoms with Crippen molar-refractivity contribution < 1.29 is 9.53 Å². The normalized spacial score (nSPS) is 11.8. The number of nitrogens with one attached hydrogen (secondary N) is 1. The summed E-state index contributed by atoms with van der Waals surface area (Å²) in [4.78, 5) is 11.4. The maximum Gasteiger partial charge on any atom is 0.245 e. The Hall–Kier alpha value is -2.28. The summed E-state index contributed by atoms with van der Waals surface area (Å²) in [5.41, 5.74) is 0.865. The van der Waals surface area contributed by atoms with E-state index >= 15 is 0 Å². The van der Waals surface area contributed by atoms with Crippen molar-refractivity contribution in [2.45, 2.75) is 13.0 Å². The van der Waals surface area contributed by atoms with Crippen LogP contribution in [0.15, 0.2) is 30.3 Å². The van der Waals surface area contributed by atoms with E-state index in [1.165, 1.54) is 6.08 Å². The van der Waals surface area contributed by atoms with E-state index in [9.17, 15) is 4.79 Å². The zero-order valence-electron chi connectivity index (χ0n) is 9.81. The monoisotopic (exact) mass is 230 g/mol. The summed E-state index contributed by atoms with van der Waals surface area (Å²) in [6.45, 7) is 1.62. The number of methoxy groups -OCH3 is 1. The molecule has 1 aromatic carbocycles. The van der Waals surface area contributed by atoms with Gasteiger partial charge in [-0.2, -0.15) is 5.26 Å². The molecule has 1 rings (SSSR count). The second kappa shape index (κ2) is 6.33. The van der Waals surface area contributed by atoms with E-state index in [0.717, 1.165) is 11.3 Å². The van der Waals surface area contributed by atoms with Crippen molar-refractivity contribution >= 4 is 12.0 Å². The van der Waals surface area contributed by atoms with Gasteiger partial charge in [-0.1, -0.05) is 12.1 Å². The Morgan fingerprint density at radius 3 is 3.00 bits per heavy atom. The van der Waals surface area contributed by atoms with E-state index in [0.29, 0.717) is 0 Å². The lowest BCUT2D eigenvalue weighted by Gasteiger charge is -2.02. The molecule has 1 unspecified atom stereocenters. The lowest BCUT2D eigenvalue weighted by Crippen LogP contribution is -2.29. The van der Waals surface area contributed by atoms with Gasteiger partial charge in [0.15, 0.2) is 0 Å². The van der Waals surface area contributed by atoms with Crippen LogP contribution in [0.2, 0.25) is 0 Å². The van der Waals surface area contributed by atoms with Gasteiger partial charge in [-0.25, -0.2) is 0 Å². The van der Waals surface area contributed by atoms with Gasteiger partial charge in [0.1, 0.15) is 11.8 Å². The van der Waals surface area contributed by atoms with Gasteiger partial charge in [0, 0.05) is 6.08 Å². The fraction of sp³-hybridized carbons (Fsp3) is 0.231. The van der Waals surface area contributed by atoms with E-state index in [-0.39, 0.29) is 5.91 Å². The molecule has 1 N–H and O–H groups in total. The minimum absolute atomic E-state index is 0.290. The molecular formula is C13H14N2O2. The summed E-state index contributed by atoms with van der Waals surface area (Å²) in [5.74, 6) is 0.444. The molecule has 1 atom stereocenters. The summed E-state index contributed by atoms with van der Waals surface area (Å²) >= 11 is 0. The molecule has 4 nitrogen and oxygen atoms in total. The first-order chi connectivity index (χ1) is 8.15. The molecule has 0 saturated heterocycles. The van der Waals surface area contributed by atoms with E-state index in [2.05, 4.69) is 5.32 Å². The highest BCUT2D eigenvalue weighted by atomic mass is 16.5. The average Bonchev–Trinajstić information content (AvgIpc) is 2.36. The van der Waals surface area contributed by atoms with Crippen LogP contribution in [0.4, 0.5) is 0 Å². The molecule has 4 heteroatoms. The van der Waals surface area contributed by atoms with Crippen molar-refractivity contribution in [2.24, 2.45) is 0 Å². The van der Waals surface area contributed by atoms with E-state index < -0.39 is 6.04 Å². The Balaban J connectivity index is 2.64. The molecule has 0 saturated carbocycles. The third kappa shape index (κ3) is 4.39. The van der Waals surface area contributed by atoms with Crippen LogP contribution in [0.1, 0.15) is 12.5 Å². The van der Waals surface area contributed by atoms with Gasteiger partial charge in [-0.05, 0) is 30.7 Å². The molecule has 0 fully saturated rings. The molecule has 1 aromatic rings. The highest BCUT2D eigenvalue weighted by Gasteiger charge is 2.01. The molecule has 17 heavy (non-hydrogen) atoms. The van der Waals surface area contributed by atoms with Gasteiger partial charge >= 0.3 is 0 Å². The second-order valence-corrected chi connectivity index (χ2v) is 3.47. The van der Waals surface area contributed by atoms with Crippen LogP contribution in [-0.2, 0) is 4.79 Å².